The maximum atomic E-state index is 5.82. The number of hydrazine groups is 1. The first-order valence-corrected chi connectivity index (χ1v) is 8.17. The lowest BCUT2D eigenvalue weighted by Crippen LogP contribution is -2.39. The molecule has 2 aliphatic carbocycles. The van der Waals surface area contributed by atoms with E-state index in [1.54, 1.807) is 0 Å². The lowest BCUT2D eigenvalue weighted by atomic mass is 9.83. The van der Waals surface area contributed by atoms with Crippen LogP contribution in [0.1, 0.15) is 48.8 Å². The minimum atomic E-state index is 0.431. The summed E-state index contributed by atoms with van der Waals surface area (Å²) in [6.45, 7) is 4.36. The molecule has 4 atom stereocenters. The number of nitrogens with two attached hydrogens (primary N) is 1. The Morgan fingerprint density at radius 1 is 1.15 bits per heavy atom. The number of fused-ring (bicyclic) bond motifs is 2. The first-order chi connectivity index (χ1) is 9.64. The summed E-state index contributed by atoms with van der Waals surface area (Å²) < 4.78 is 0. The van der Waals surface area contributed by atoms with Crippen molar-refractivity contribution in [1.82, 2.24) is 5.43 Å². The molecule has 0 aromatic heterocycles. The number of benzene rings is 1. The highest BCUT2D eigenvalue weighted by Crippen LogP contribution is 2.49. The molecule has 0 aliphatic heterocycles. The van der Waals surface area contributed by atoms with E-state index in [1.165, 1.54) is 48.8 Å². The lowest BCUT2D eigenvalue weighted by molar-refractivity contribution is 0.277. The summed E-state index contributed by atoms with van der Waals surface area (Å²) in [5.41, 5.74) is 7.21. The van der Waals surface area contributed by atoms with Crippen LogP contribution in [-0.2, 0) is 6.42 Å². The predicted molar refractivity (Wildman–Crippen MR) is 84.3 cm³/mol. The molecule has 2 heteroatoms. The molecular weight excluding hydrogens is 244 g/mol. The second kappa shape index (κ2) is 5.87. The SMILES string of the molecule is Cc1cc(C)cc(CC(CC2CC3CCC2C3)NN)c1. The second-order valence-electron chi connectivity index (χ2n) is 7.23. The second-order valence-corrected chi connectivity index (χ2v) is 7.23. The van der Waals surface area contributed by atoms with Gasteiger partial charge in [-0.15, -0.1) is 0 Å². The van der Waals surface area contributed by atoms with Crippen LogP contribution >= 0.6 is 0 Å². The van der Waals surface area contributed by atoms with E-state index in [0.717, 1.165) is 24.2 Å². The summed E-state index contributed by atoms with van der Waals surface area (Å²) in [7, 11) is 0. The van der Waals surface area contributed by atoms with Crippen molar-refractivity contribution in [3.05, 3.63) is 34.9 Å². The van der Waals surface area contributed by atoms with Crippen molar-refractivity contribution >= 4 is 0 Å². The maximum Gasteiger partial charge on any atom is 0.0253 e. The molecule has 1 aromatic rings. The van der Waals surface area contributed by atoms with Gasteiger partial charge in [0.2, 0.25) is 0 Å². The molecule has 3 N–H and O–H groups in total. The van der Waals surface area contributed by atoms with Crippen molar-refractivity contribution in [2.75, 3.05) is 0 Å². The fourth-order valence-corrected chi connectivity index (χ4v) is 4.71. The summed E-state index contributed by atoms with van der Waals surface area (Å²) in [5.74, 6) is 8.77. The van der Waals surface area contributed by atoms with Gasteiger partial charge in [0, 0.05) is 6.04 Å². The van der Waals surface area contributed by atoms with Gasteiger partial charge in [-0.3, -0.25) is 11.3 Å². The van der Waals surface area contributed by atoms with Gasteiger partial charge in [0.05, 0.1) is 0 Å². The highest BCUT2D eigenvalue weighted by atomic mass is 15.2. The van der Waals surface area contributed by atoms with Crippen molar-refractivity contribution in [2.24, 2.45) is 23.6 Å². The Labute approximate surface area is 123 Å². The summed E-state index contributed by atoms with van der Waals surface area (Å²) in [6.07, 6.45) is 8.22. The minimum Gasteiger partial charge on any atom is -0.271 e. The molecule has 0 amide bonds. The largest absolute Gasteiger partial charge is 0.271 e. The third-order valence-corrected chi connectivity index (χ3v) is 5.47. The summed E-state index contributed by atoms with van der Waals surface area (Å²) >= 11 is 0. The van der Waals surface area contributed by atoms with E-state index in [0.29, 0.717) is 6.04 Å². The van der Waals surface area contributed by atoms with Crippen molar-refractivity contribution in [3.8, 4) is 0 Å². The van der Waals surface area contributed by atoms with Crippen LogP contribution in [-0.4, -0.2) is 6.04 Å². The lowest BCUT2D eigenvalue weighted by Gasteiger charge is -2.26. The van der Waals surface area contributed by atoms with Gasteiger partial charge >= 0.3 is 0 Å². The maximum absolute atomic E-state index is 5.82. The molecule has 110 valence electrons. The molecule has 2 nitrogen and oxygen atoms in total. The Kier molecular flexibility index (Phi) is 4.13. The van der Waals surface area contributed by atoms with E-state index in [1.807, 2.05) is 0 Å². The van der Waals surface area contributed by atoms with Crippen molar-refractivity contribution in [3.63, 3.8) is 0 Å². The van der Waals surface area contributed by atoms with Crippen LogP contribution in [0.3, 0.4) is 0 Å². The molecule has 0 saturated heterocycles. The van der Waals surface area contributed by atoms with E-state index in [2.05, 4.69) is 37.5 Å². The third-order valence-electron chi connectivity index (χ3n) is 5.47. The van der Waals surface area contributed by atoms with E-state index in [4.69, 9.17) is 5.84 Å². The van der Waals surface area contributed by atoms with Crippen LogP contribution in [0.4, 0.5) is 0 Å². The first kappa shape index (κ1) is 14.1. The van der Waals surface area contributed by atoms with Crippen LogP contribution < -0.4 is 11.3 Å². The Morgan fingerprint density at radius 2 is 1.90 bits per heavy atom. The molecule has 1 aromatic carbocycles. The van der Waals surface area contributed by atoms with E-state index >= 15 is 0 Å². The van der Waals surface area contributed by atoms with Gasteiger partial charge < -0.3 is 0 Å². The molecule has 4 unspecified atom stereocenters. The number of hydrogen-bond acceptors (Lipinski definition) is 2. The van der Waals surface area contributed by atoms with Gasteiger partial charge in [-0.2, -0.15) is 0 Å². The van der Waals surface area contributed by atoms with Crippen molar-refractivity contribution in [1.29, 1.82) is 0 Å². The number of aryl methyl sites for hydroxylation is 2. The molecule has 2 fully saturated rings. The summed E-state index contributed by atoms with van der Waals surface area (Å²) in [5, 5.41) is 0. The van der Waals surface area contributed by atoms with Crippen molar-refractivity contribution < 1.29 is 0 Å². The molecule has 2 bridgehead atoms. The number of nitrogens with one attached hydrogen (secondary N) is 1. The predicted octanol–water partition coefficient (Wildman–Crippen LogP) is 3.50. The Balaban J connectivity index is 1.62. The molecular formula is C18H28N2. The fourth-order valence-electron chi connectivity index (χ4n) is 4.71. The molecule has 0 heterocycles. The topological polar surface area (TPSA) is 38.0 Å². The van der Waals surface area contributed by atoms with Crippen LogP contribution in [0.5, 0.6) is 0 Å². The Bertz CT molecular complexity index is 448. The van der Waals surface area contributed by atoms with E-state index in [9.17, 15) is 0 Å². The summed E-state index contributed by atoms with van der Waals surface area (Å²) in [6, 6.07) is 7.28. The standard InChI is InChI=1S/C18H28N2/c1-12-5-13(2)7-15(6-12)10-18(20-19)11-17-9-14-3-4-16(17)8-14/h5-7,14,16-18,20H,3-4,8-11,19H2,1-2H3. The van der Waals surface area contributed by atoms with E-state index < -0.39 is 0 Å². The zero-order chi connectivity index (χ0) is 14.1. The highest BCUT2D eigenvalue weighted by molar-refractivity contribution is 5.29. The zero-order valence-corrected chi connectivity index (χ0v) is 12.9. The molecule has 2 saturated carbocycles. The van der Waals surface area contributed by atoms with Crippen LogP contribution in [0.25, 0.3) is 0 Å². The number of rotatable bonds is 5. The molecule has 0 radical (unpaired) electrons. The number of hydrogen-bond donors (Lipinski definition) is 2. The van der Waals surface area contributed by atoms with Crippen LogP contribution in [0.2, 0.25) is 0 Å². The fraction of sp³-hybridized carbons (Fsp3) is 0.667. The smallest absolute Gasteiger partial charge is 0.0253 e. The molecule has 2 aliphatic rings. The molecule has 20 heavy (non-hydrogen) atoms. The van der Waals surface area contributed by atoms with Crippen LogP contribution in [0.15, 0.2) is 18.2 Å². The average molecular weight is 272 g/mol. The van der Waals surface area contributed by atoms with Gasteiger partial charge in [-0.1, -0.05) is 35.7 Å². The van der Waals surface area contributed by atoms with Gasteiger partial charge in [0.1, 0.15) is 0 Å². The molecule has 3 rings (SSSR count). The van der Waals surface area contributed by atoms with Gasteiger partial charge in [0.25, 0.3) is 0 Å². The zero-order valence-electron chi connectivity index (χ0n) is 12.9. The van der Waals surface area contributed by atoms with Crippen LogP contribution in [0, 0.1) is 31.6 Å². The Hall–Kier alpha value is -0.860. The normalized spacial score (nSPS) is 29.9. The minimum absolute atomic E-state index is 0.431. The van der Waals surface area contributed by atoms with Gasteiger partial charge in [0.15, 0.2) is 0 Å². The first-order valence-electron chi connectivity index (χ1n) is 8.17. The van der Waals surface area contributed by atoms with Gasteiger partial charge in [-0.25, -0.2) is 0 Å². The molecule has 0 spiro atoms. The quantitative estimate of drug-likeness (QED) is 0.636. The van der Waals surface area contributed by atoms with Crippen molar-refractivity contribution in [2.45, 2.75) is 58.4 Å². The average Bonchev–Trinajstić information content (AvgIpc) is 2.99. The van der Waals surface area contributed by atoms with E-state index in [-0.39, 0.29) is 0 Å². The highest BCUT2D eigenvalue weighted by Gasteiger charge is 2.39. The van der Waals surface area contributed by atoms with Gasteiger partial charge in [-0.05, 0) is 69.3 Å². The monoisotopic (exact) mass is 272 g/mol. The third kappa shape index (κ3) is 3.07. The Morgan fingerprint density at radius 3 is 2.45 bits per heavy atom. The summed E-state index contributed by atoms with van der Waals surface area (Å²) in [4.78, 5) is 0.